The Balaban J connectivity index is 2.86. The van der Waals surface area contributed by atoms with Gasteiger partial charge in [-0.3, -0.25) is 0 Å². The van der Waals surface area contributed by atoms with Gasteiger partial charge in [0.25, 0.3) is 0 Å². The largest absolute Gasteiger partial charge is 0.329 e. The molecule has 0 aliphatic carbocycles. The van der Waals surface area contributed by atoms with Gasteiger partial charge in [-0.25, -0.2) is 0 Å². The van der Waals surface area contributed by atoms with Gasteiger partial charge in [0.15, 0.2) is 0 Å². The second-order valence-corrected chi connectivity index (χ2v) is 4.17. The highest BCUT2D eigenvalue weighted by molar-refractivity contribution is 6.42. The highest BCUT2D eigenvalue weighted by Gasteiger charge is 2.13. The van der Waals surface area contributed by atoms with Crippen molar-refractivity contribution in [2.45, 2.75) is 19.4 Å². The average Bonchev–Trinajstić information content (AvgIpc) is 2.25. The maximum absolute atomic E-state index is 6.12. The van der Waals surface area contributed by atoms with Crippen molar-refractivity contribution in [1.29, 1.82) is 0 Å². The lowest BCUT2D eigenvalue weighted by molar-refractivity contribution is 0.540. The fourth-order valence-corrected chi connectivity index (χ4v) is 1.87. The lowest BCUT2D eigenvalue weighted by Crippen LogP contribution is -2.29. The molecule has 0 heterocycles. The number of hydrogen-bond acceptors (Lipinski definition) is 2. The molecule has 4 heteroatoms. The first-order valence-electron chi connectivity index (χ1n) is 5.08. The van der Waals surface area contributed by atoms with Crippen LogP contribution in [-0.4, -0.2) is 13.1 Å². The van der Waals surface area contributed by atoms with Crippen molar-refractivity contribution in [2.24, 2.45) is 5.73 Å². The summed E-state index contributed by atoms with van der Waals surface area (Å²) in [5.74, 6) is 0. The molecule has 0 aliphatic rings. The summed E-state index contributed by atoms with van der Waals surface area (Å²) >= 11 is 12.1. The van der Waals surface area contributed by atoms with Crippen LogP contribution in [0.4, 0.5) is 0 Å². The van der Waals surface area contributed by atoms with Crippen LogP contribution in [0.5, 0.6) is 0 Å². The molecule has 1 aromatic carbocycles. The van der Waals surface area contributed by atoms with E-state index in [1.165, 1.54) is 0 Å². The third-order valence-corrected chi connectivity index (χ3v) is 3.07. The molecule has 0 fully saturated rings. The van der Waals surface area contributed by atoms with Gasteiger partial charge in [0, 0.05) is 12.6 Å². The Morgan fingerprint density at radius 3 is 2.73 bits per heavy atom. The van der Waals surface area contributed by atoms with Gasteiger partial charge in [-0.05, 0) is 24.6 Å². The van der Waals surface area contributed by atoms with E-state index < -0.39 is 0 Å². The van der Waals surface area contributed by atoms with E-state index in [1.54, 1.807) is 6.07 Å². The van der Waals surface area contributed by atoms with E-state index in [0.717, 1.165) is 18.5 Å². The standard InChI is InChI=1S/C11H16Cl2N2/c1-2-6-15-10(7-14)8-4-3-5-9(12)11(8)13/h3-5,10,15H,2,6-7,14H2,1H3. The summed E-state index contributed by atoms with van der Waals surface area (Å²) in [6.45, 7) is 3.55. The Hall–Kier alpha value is -0.280. The molecule has 1 rings (SSSR count). The summed E-state index contributed by atoms with van der Waals surface area (Å²) in [5.41, 5.74) is 6.67. The van der Waals surface area contributed by atoms with Gasteiger partial charge in [0.05, 0.1) is 10.0 Å². The summed E-state index contributed by atoms with van der Waals surface area (Å²) in [5, 5.41) is 4.51. The maximum atomic E-state index is 6.12. The Kier molecular flexibility index (Phi) is 5.40. The van der Waals surface area contributed by atoms with E-state index >= 15 is 0 Å². The Labute approximate surface area is 101 Å². The van der Waals surface area contributed by atoms with Crippen LogP contribution in [0.2, 0.25) is 10.0 Å². The van der Waals surface area contributed by atoms with Crippen LogP contribution in [0.3, 0.4) is 0 Å². The average molecular weight is 247 g/mol. The Bertz CT molecular complexity index is 315. The van der Waals surface area contributed by atoms with E-state index in [9.17, 15) is 0 Å². The monoisotopic (exact) mass is 246 g/mol. The van der Waals surface area contributed by atoms with Crippen LogP contribution in [0.1, 0.15) is 24.9 Å². The first-order chi connectivity index (χ1) is 7.20. The summed E-state index contributed by atoms with van der Waals surface area (Å²) in [6.07, 6.45) is 1.06. The van der Waals surface area contributed by atoms with Gasteiger partial charge in [-0.2, -0.15) is 0 Å². The predicted octanol–water partition coefficient (Wildman–Crippen LogP) is 2.99. The third kappa shape index (κ3) is 3.35. The summed E-state index contributed by atoms with van der Waals surface area (Å²) in [4.78, 5) is 0. The van der Waals surface area contributed by atoms with E-state index in [1.807, 2.05) is 12.1 Å². The first-order valence-corrected chi connectivity index (χ1v) is 5.83. The van der Waals surface area contributed by atoms with E-state index in [2.05, 4.69) is 12.2 Å². The van der Waals surface area contributed by atoms with Crippen LogP contribution in [0, 0.1) is 0 Å². The SMILES string of the molecule is CCCNC(CN)c1cccc(Cl)c1Cl. The summed E-state index contributed by atoms with van der Waals surface area (Å²) in [7, 11) is 0. The molecule has 84 valence electrons. The van der Waals surface area contributed by atoms with Crippen molar-refractivity contribution in [1.82, 2.24) is 5.32 Å². The fourth-order valence-electron chi connectivity index (χ4n) is 1.43. The van der Waals surface area contributed by atoms with Crippen LogP contribution in [-0.2, 0) is 0 Å². The lowest BCUT2D eigenvalue weighted by atomic mass is 10.1. The number of halogens is 2. The van der Waals surface area contributed by atoms with Gasteiger partial charge >= 0.3 is 0 Å². The van der Waals surface area contributed by atoms with Crippen molar-refractivity contribution >= 4 is 23.2 Å². The fraction of sp³-hybridized carbons (Fsp3) is 0.455. The number of nitrogens with two attached hydrogens (primary N) is 1. The molecule has 2 nitrogen and oxygen atoms in total. The maximum Gasteiger partial charge on any atom is 0.0640 e. The summed E-state index contributed by atoms with van der Waals surface area (Å²) in [6, 6.07) is 5.70. The minimum absolute atomic E-state index is 0.0798. The van der Waals surface area contributed by atoms with E-state index in [0.29, 0.717) is 16.6 Å². The van der Waals surface area contributed by atoms with Crippen molar-refractivity contribution in [3.63, 3.8) is 0 Å². The van der Waals surface area contributed by atoms with Crippen molar-refractivity contribution in [3.05, 3.63) is 33.8 Å². The zero-order valence-corrected chi connectivity index (χ0v) is 10.3. The van der Waals surface area contributed by atoms with E-state index in [4.69, 9.17) is 28.9 Å². The van der Waals surface area contributed by atoms with Crippen LogP contribution in [0.25, 0.3) is 0 Å². The molecule has 15 heavy (non-hydrogen) atoms. The summed E-state index contributed by atoms with van der Waals surface area (Å²) < 4.78 is 0. The molecular formula is C11H16Cl2N2. The van der Waals surface area contributed by atoms with Crippen molar-refractivity contribution < 1.29 is 0 Å². The number of nitrogens with one attached hydrogen (secondary N) is 1. The zero-order valence-electron chi connectivity index (χ0n) is 8.76. The molecule has 0 amide bonds. The molecule has 0 bridgehead atoms. The quantitative estimate of drug-likeness (QED) is 0.839. The molecule has 0 aliphatic heterocycles. The van der Waals surface area contributed by atoms with Crippen molar-refractivity contribution in [3.8, 4) is 0 Å². The third-order valence-electron chi connectivity index (χ3n) is 2.23. The van der Waals surface area contributed by atoms with Gasteiger partial charge in [-0.1, -0.05) is 42.3 Å². The predicted molar refractivity (Wildman–Crippen MR) is 66.6 cm³/mol. The molecule has 0 radical (unpaired) electrons. The van der Waals surface area contributed by atoms with Crippen LogP contribution in [0.15, 0.2) is 18.2 Å². The Morgan fingerprint density at radius 2 is 2.13 bits per heavy atom. The number of benzene rings is 1. The molecule has 1 aromatic rings. The lowest BCUT2D eigenvalue weighted by Gasteiger charge is -2.18. The second-order valence-electron chi connectivity index (χ2n) is 3.39. The zero-order chi connectivity index (χ0) is 11.3. The van der Waals surface area contributed by atoms with Crippen LogP contribution < -0.4 is 11.1 Å². The van der Waals surface area contributed by atoms with Gasteiger partial charge < -0.3 is 11.1 Å². The highest BCUT2D eigenvalue weighted by Crippen LogP contribution is 2.29. The number of rotatable bonds is 5. The van der Waals surface area contributed by atoms with Crippen molar-refractivity contribution in [2.75, 3.05) is 13.1 Å². The second kappa shape index (κ2) is 6.33. The van der Waals surface area contributed by atoms with Gasteiger partial charge in [0.2, 0.25) is 0 Å². The minimum atomic E-state index is 0.0798. The molecular weight excluding hydrogens is 231 g/mol. The normalized spacial score (nSPS) is 12.8. The minimum Gasteiger partial charge on any atom is -0.329 e. The highest BCUT2D eigenvalue weighted by atomic mass is 35.5. The van der Waals surface area contributed by atoms with E-state index in [-0.39, 0.29) is 6.04 Å². The van der Waals surface area contributed by atoms with Gasteiger partial charge in [0.1, 0.15) is 0 Å². The molecule has 0 saturated heterocycles. The molecule has 0 aromatic heterocycles. The molecule has 0 spiro atoms. The molecule has 1 atom stereocenters. The smallest absolute Gasteiger partial charge is 0.0640 e. The molecule has 3 N–H and O–H groups in total. The molecule has 1 unspecified atom stereocenters. The van der Waals surface area contributed by atoms with Gasteiger partial charge in [-0.15, -0.1) is 0 Å². The molecule has 0 saturated carbocycles. The first kappa shape index (κ1) is 12.8. The topological polar surface area (TPSA) is 38.0 Å². The Morgan fingerprint density at radius 1 is 1.40 bits per heavy atom. The van der Waals surface area contributed by atoms with Crippen LogP contribution >= 0.6 is 23.2 Å². The number of hydrogen-bond donors (Lipinski definition) is 2.